The molecule has 1 amide bonds. The second-order valence-electron chi connectivity index (χ2n) is 9.14. The summed E-state index contributed by atoms with van der Waals surface area (Å²) in [5.41, 5.74) is 3.96. The van der Waals surface area contributed by atoms with Crippen molar-refractivity contribution in [2.24, 2.45) is 0 Å². The number of carbonyl (C=O) groups excluding carboxylic acids is 1. The molecule has 1 fully saturated rings. The summed E-state index contributed by atoms with van der Waals surface area (Å²) in [5.74, 6) is 1.89. The molecule has 0 saturated carbocycles. The third-order valence-electron chi connectivity index (χ3n) is 6.40. The Morgan fingerprint density at radius 3 is 2.87 bits per heavy atom. The van der Waals surface area contributed by atoms with Crippen molar-refractivity contribution in [2.75, 3.05) is 17.2 Å². The van der Waals surface area contributed by atoms with E-state index < -0.39 is 0 Å². The Morgan fingerprint density at radius 1 is 1.08 bits per heavy atom. The fourth-order valence-electron chi connectivity index (χ4n) is 4.46. The number of pyridine rings is 1. The van der Waals surface area contributed by atoms with Crippen LogP contribution in [0.4, 0.5) is 17.2 Å². The Labute approximate surface area is 218 Å². The molecule has 3 aromatic heterocycles. The number of aryl methyl sites for hydroxylation is 1. The average molecular weight is 507 g/mol. The Hall–Kier alpha value is -4.83. The number of nitrogens with zero attached hydrogens (tertiary/aromatic N) is 5. The largest absolute Gasteiger partial charge is 0.457 e. The van der Waals surface area contributed by atoms with Crippen LogP contribution in [0, 0.1) is 6.92 Å². The van der Waals surface area contributed by atoms with Crippen molar-refractivity contribution < 1.29 is 9.53 Å². The van der Waals surface area contributed by atoms with Crippen LogP contribution in [0.15, 0.2) is 79.5 Å². The van der Waals surface area contributed by atoms with E-state index in [0.717, 1.165) is 47.3 Å². The summed E-state index contributed by atoms with van der Waals surface area (Å²) >= 11 is 0. The first-order valence-electron chi connectivity index (χ1n) is 12.4. The highest BCUT2D eigenvalue weighted by Gasteiger charge is 2.12. The van der Waals surface area contributed by atoms with Gasteiger partial charge in [-0.25, -0.2) is 19.5 Å². The van der Waals surface area contributed by atoms with Gasteiger partial charge in [0.25, 0.3) is 0 Å². The van der Waals surface area contributed by atoms with Crippen LogP contribution in [0.5, 0.6) is 11.5 Å². The predicted octanol–water partition coefficient (Wildman–Crippen LogP) is 4.76. The predicted molar refractivity (Wildman–Crippen MR) is 146 cm³/mol. The number of hydrogen-bond donors (Lipinski definition) is 3. The average Bonchev–Trinajstić information content (AvgIpc) is 3.61. The first-order valence-corrected chi connectivity index (χ1v) is 12.4. The van der Waals surface area contributed by atoms with Gasteiger partial charge in [0.1, 0.15) is 30.0 Å². The molecule has 4 heterocycles. The monoisotopic (exact) mass is 506 g/mol. The van der Waals surface area contributed by atoms with Crippen LogP contribution in [0.1, 0.15) is 18.4 Å². The Balaban J connectivity index is 1.18. The van der Waals surface area contributed by atoms with Gasteiger partial charge in [-0.2, -0.15) is 5.10 Å². The molecule has 190 valence electrons. The number of rotatable bonds is 7. The molecule has 10 heteroatoms. The van der Waals surface area contributed by atoms with E-state index >= 15 is 0 Å². The van der Waals surface area contributed by atoms with Crippen LogP contribution < -0.4 is 20.7 Å². The van der Waals surface area contributed by atoms with Crippen molar-refractivity contribution >= 4 is 39.6 Å². The van der Waals surface area contributed by atoms with Crippen molar-refractivity contribution in [1.29, 1.82) is 0 Å². The summed E-state index contributed by atoms with van der Waals surface area (Å²) in [7, 11) is 0. The number of nitrogens with one attached hydrogen (secondary N) is 3. The zero-order valence-electron chi connectivity index (χ0n) is 20.8. The maximum Gasteiger partial charge on any atom is 0.248 e. The van der Waals surface area contributed by atoms with E-state index in [1.54, 1.807) is 10.6 Å². The second-order valence-corrected chi connectivity index (χ2v) is 9.14. The number of aromatic nitrogens is 5. The quantitative estimate of drug-likeness (QED) is 0.270. The minimum Gasteiger partial charge on any atom is -0.457 e. The zero-order valence-corrected chi connectivity index (χ0v) is 20.8. The Morgan fingerprint density at radius 2 is 2.00 bits per heavy atom. The van der Waals surface area contributed by atoms with Gasteiger partial charge in [0.2, 0.25) is 5.91 Å². The van der Waals surface area contributed by atoms with E-state index in [1.807, 2.05) is 67.7 Å². The molecule has 3 N–H and O–H groups in total. The minimum absolute atomic E-state index is 0.168. The van der Waals surface area contributed by atoms with E-state index in [4.69, 9.17) is 4.74 Å². The molecule has 0 bridgehead atoms. The van der Waals surface area contributed by atoms with Gasteiger partial charge in [-0.1, -0.05) is 6.08 Å². The topological polar surface area (TPSA) is 118 Å². The summed E-state index contributed by atoms with van der Waals surface area (Å²) in [6.07, 6.45) is 10.5. The van der Waals surface area contributed by atoms with Crippen molar-refractivity contribution in [3.8, 4) is 11.5 Å². The molecular formula is C28H26N8O2. The lowest BCUT2D eigenvalue weighted by Gasteiger charge is -2.13. The molecule has 5 aromatic rings. The first-order chi connectivity index (χ1) is 18.6. The van der Waals surface area contributed by atoms with Crippen LogP contribution in [0.25, 0.3) is 16.6 Å². The smallest absolute Gasteiger partial charge is 0.248 e. The number of hydrogen-bond acceptors (Lipinski definition) is 8. The number of anilines is 3. The van der Waals surface area contributed by atoms with Gasteiger partial charge in [-0.15, -0.1) is 0 Å². The number of fused-ring (bicyclic) bond motifs is 2. The highest BCUT2D eigenvalue weighted by atomic mass is 16.5. The van der Waals surface area contributed by atoms with Gasteiger partial charge < -0.3 is 20.7 Å². The van der Waals surface area contributed by atoms with Gasteiger partial charge >= 0.3 is 0 Å². The molecule has 0 spiro atoms. The third-order valence-corrected chi connectivity index (χ3v) is 6.40. The van der Waals surface area contributed by atoms with Gasteiger partial charge in [0.05, 0.1) is 5.52 Å². The van der Waals surface area contributed by atoms with Crippen LogP contribution >= 0.6 is 0 Å². The van der Waals surface area contributed by atoms with Crippen LogP contribution in [-0.2, 0) is 4.79 Å². The van der Waals surface area contributed by atoms with Crippen LogP contribution in [0.3, 0.4) is 0 Å². The summed E-state index contributed by atoms with van der Waals surface area (Å²) in [4.78, 5) is 25.5. The molecule has 1 aliphatic heterocycles. The van der Waals surface area contributed by atoms with Crippen molar-refractivity contribution in [2.45, 2.75) is 25.8 Å². The first kappa shape index (κ1) is 23.6. The SMILES string of the molecule is Cc1cc(Nc2ncnc3ccc(NC(=O)C=CC4CCCN4)cc23)ccc1Oc1ccn2ncnc2c1. The van der Waals surface area contributed by atoms with Crippen LogP contribution in [-0.4, -0.2) is 43.1 Å². The lowest BCUT2D eigenvalue weighted by molar-refractivity contribution is -0.111. The normalized spacial score (nSPS) is 15.3. The van der Waals surface area contributed by atoms with Gasteiger partial charge in [0.15, 0.2) is 5.65 Å². The van der Waals surface area contributed by atoms with Crippen molar-refractivity contribution in [1.82, 2.24) is 29.9 Å². The minimum atomic E-state index is -0.168. The lowest BCUT2D eigenvalue weighted by Crippen LogP contribution is -2.19. The zero-order chi connectivity index (χ0) is 25.9. The number of amides is 1. The molecule has 2 aromatic carbocycles. The fraction of sp³-hybridized carbons (Fsp3) is 0.179. The van der Waals surface area contributed by atoms with E-state index in [1.165, 1.54) is 12.7 Å². The van der Waals surface area contributed by atoms with Gasteiger partial charge in [-0.3, -0.25) is 4.79 Å². The number of carbonyl (C=O) groups is 1. The Bertz CT molecular complexity index is 1660. The second kappa shape index (κ2) is 10.3. The molecule has 10 nitrogen and oxygen atoms in total. The summed E-state index contributed by atoms with van der Waals surface area (Å²) < 4.78 is 7.76. The maximum atomic E-state index is 12.4. The highest BCUT2D eigenvalue weighted by molar-refractivity contribution is 6.02. The fourth-order valence-corrected chi connectivity index (χ4v) is 4.46. The summed E-state index contributed by atoms with van der Waals surface area (Å²) in [6, 6.07) is 15.4. The molecule has 38 heavy (non-hydrogen) atoms. The number of benzene rings is 2. The van der Waals surface area contributed by atoms with Gasteiger partial charge in [-0.05, 0) is 74.3 Å². The molecule has 0 aliphatic carbocycles. The van der Waals surface area contributed by atoms with Crippen molar-refractivity contribution in [3.05, 3.63) is 85.1 Å². The van der Waals surface area contributed by atoms with E-state index in [0.29, 0.717) is 22.9 Å². The molecule has 1 unspecified atom stereocenters. The van der Waals surface area contributed by atoms with Crippen molar-refractivity contribution in [3.63, 3.8) is 0 Å². The summed E-state index contributed by atoms with van der Waals surface area (Å²) in [6.45, 7) is 2.98. The molecule has 1 saturated heterocycles. The summed E-state index contributed by atoms with van der Waals surface area (Å²) in [5, 5.41) is 14.6. The molecular weight excluding hydrogens is 480 g/mol. The Kier molecular flexibility index (Phi) is 6.37. The molecule has 0 radical (unpaired) electrons. The van der Waals surface area contributed by atoms with Gasteiger partial charge in [0, 0.05) is 41.1 Å². The number of ether oxygens (including phenoxy) is 1. The highest BCUT2D eigenvalue weighted by Crippen LogP contribution is 2.30. The van der Waals surface area contributed by atoms with E-state index in [2.05, 4.69) is 36.0 Å². The molecule has 6 rings (SSSR count). The lowest BCUT2D eigenvalue weighted by atomic mass is 10.1. The third kappa shape index (κ3) is 5.16. The van der Waals surface area contributed by atoms with E-state index in [9.17, 15) is 4.79 Å². The standard InChI is InChI=1S/C28H26N8O2/c1-18-13-20(5-8-25(18)38-22-10-12-36-26(15-22)31-17-33-36)35-28-23-14-21(4-7-24(23)30-16-32-28)34-27(37)9-6-19-3-2-11-29-19/h4-10,12-17,19,29H,2-3,11H2,1H3,(H,34,37)(H,30,32,35). The molecule has 1 aliphatic rings. The van der Waals surface area contributed by atoms with E-state index in [-0.39, 0.29) is 11.9 Å². The maximum absolute atomic E-state index is 12.4. The molecule has 1 atom stereocenters. The van der Waals surface area contributed by atoms with Crippen LogP contribution in [0.2, 0.25) is 0 Å².